The number of carbonyl (C=O) groups excluding carboxylic acids is 1. The van der Waals surface area contributed by atoms with E-state index in [4.69, 9.17) is 0 Å². The van der Waals surface area contributed by atoms with Crippen molar-refractivity contribution in [3.05, 3.63) is 39.9 Å². The fraction of sp³-hybridized carbons (Fsp3) is 0.400. The lowest BCUT2D eigenvalue weighted by atomic mass is 10.0. The molecule has 1 N–H and O–H groups in total. The van der Waals surface area contributed by atoms with Crippen LogP contribution in [0.3, 0.4) is 0 Å². The van der Waals surface area contributed by atoms with Gasteiger partial charge in [0.25, 0.3) is 5.91 Å². The highest BCUT2D eigenvalue weighted by Gasteiger charge is 2.24. The molecule has 1 aromatic carbocycles. The van der Waals surface area contributed by atoms with Gasteiger partial charge in [0.2, 0.25) is 10.0 Å². The van der Waals surface area contributed by atoms with Gasteiger partial charge in [-0.2, -0.15) is 0 Å². The fourth-order valence-electron chi connectivity index (χ4n) is 2.72. The van der Waals surface area contributed by atoms with Crippen molar-refractivity contribution in [2.45, 2.75) is 26.3 Å². The number of benzene rings is 1. The molecule has 0 saturated heterocycles. The molecule has 9 heteroatoms. The molecule has 3 rings (SSSR count). The first-order chi connectivity index (χ1) is 11.4. The summed E-state index contributed by atoms with van der Waals surface area (Å²) in [6, 6.07) is 5.15. The Hall–Kier alpha value is -2.00. The van der Waals surface area contributed by atoms with Gasteiger partial charge in [0.1, 0.15) is 0 Å². The molecule has 0 fully saturated rings. The first-order valence-corrected chi connectivity index (χ1v) is 10.1. The second-order valence-electron chi connectivity index (χ2n) is 5.75. The summed E-state index contributed by atoms with van der Waals surface area (Å²) in [7, 11) is -3.30. The molecule has 0 atom stereocenters. The van der Waals surface area contributed by atoms with E-state index in [1.54, 1.807) is 18.2 Å². The van der Waals surface area contributed by atoms with Gasteiger partial charge < -0.3 is 5.32 Å². The van der Waals surface area contributed by atoms with E-state index in [9.17, 15) is 13.2 Å². The quantitative estimate of drug-likeness (QED) is 0.885. The Labute approximate surface area is 144 Å². The Morgan fingerprint density at radius 1 is 1.42 bits per heavy atom. The molecule has 1 aromatic heterocycles. The summed E-state index contributed by atoms with van der Waals surface area (Å²) in [6.07, 6.45) is 2.71. The molecule has 1 aliphatic rings. The molecule has 128 valence electrons. The molecule has 0 aliphatic carbocycles. The molecular formula is C15H18N4O3S2. The highest BCUT2D eigenvalue weighted by atomic mass is 32.2. The third kappa shape index (κ3) is 3.41. The van der Waals surface area contributed by atoms with Crippen LogP contribution >= 0.6 is 11.5 Å². The lowest BCUT2D eigenvalue weighted by Crippen LogP contribution is -2.34. The van der Waals surface area contributed by atoms with Gasteiger partial charge in [-0.3, -0.25) is 9.10 Å². The molecule has 24 heavy (non-hydrogen) atoms. The lowest BCUT2D eigenvalue weighted by molar-refractivity contribution is 0.0951. The average molecular weight is 366 g/mol. The summed E-state index contributed by atoms with van der Waals surface area (Å²) in [5, 5.41) is 6.76. The molecule has 0 radical (unpaired) electrons. The molecule has 1 aliphatic heterocycles. The number of nitrogens with zero attached hydrogens (tertiary/aromatic N) is 3. The summed E-state index contributed by atoms with van der Waals surface area (Å²) < 4.78 is 29.0. The van der Waals surface area contributed by atoms with Crippen LogP contribution in [0.2, 0.25) is 0 Å². The largest absolute Gasteiger partial charge is 0.347 e. The summed E-state index contributed by atoms with van der Waals surface area (Å²) in [5.41, 5.74) is 2.89. The van der Waals surface area contributed by atoms with Crippen molar-refractivity contribution in [1.82, 2.24) is 14.9 Å². The first kappa shape index (κ1) is 16.8. The van der Waals surface area contributed by atoms with E-state index in [1.165, 1.54) is 22.1 Å². The van der Waals surface area contributed by atoms with Gasteiger partial charge in [0.05, 0.1) is 29.1 Å². The van der Waals surface area contributed by atoms with Crippen LogP contribution in [-0.2, 0) is 23.0 Å². The van der Waals surface area contributed by atoms with E-state index in [0.29, 0.717) is 24.3 Å². The van der Waals surface area contributed by atoms with E-state index in [-0.39, 0.29) is 5.91 Å². The number of fused-ring (bicyclic) bond motifs is 1. The zero-order chi connectivity index (χ0) is 17.3. The van der Waals surface area contributed by atoms with Crippen LogP contribution in [0.1, 0.15) is 32.9 Å². The average Bonchev–Trinajstić information content (AvgIpc) is 2.95. The third-order valence-electron chi connectivity index (χ3n) is 3.97. The lowest BCUT2D eigenvalue weighted by Gasteiger charge is -2.29. The molecule has 7 nitrogen and oxygen atoms in total. The predicted molar refractivity (Wildman–Crippen MR) is 92.8 cm³/mol. The minimum atomic E-state index is -3.30. The van der Waals surface area contributed by atoms with Crippen molar-refractivity contribution in [2.24, 2.45) is 0 Å². The van der Waals surface area contributed by atoms with Crippen molar-refractivity contribution in [3.63, 3.8) is 0 Å². The smallest absolute Gasteiger partial charge is 0.251 e. The van der Waals surface area contributed by atoms with Crippen LogP contribution in [0.5, 0.6) is 0 Å². The van der Waals surface area contributed by atoms with Crippen molar-refractivity contribution < 1.29 is 13.2 Å². The summed E-state index contributed by atoms with van der Waals surface area (Å²) >= 11 is 1.26. The van der Waals surface area contributed by atoms with Crippen molar-refractivity contribution in [1.29, 1.82) is 0 Å². The van der Waals surface area contributed by atoms with Crippen molar-refractivity contribution >= 4 is 33.2 Å². The SMILES string of the molecule is Cc1nnsc1CNC(=O)c1ccc2c(c1)CCCN2S(C)(=O)=O. The standard InChI is InChI=1S/C15H18N4O3S2/c1-10-14(23-18-17-10)9-16-15(20)12-5-6-13-11(8-12)4-3-7-19(13)24(2,21)22/h5-6,8H,3-4,7,9H2,1-2H3,(H,16,20). The Balaban J connectivity index is 1.78. The normalized spacial score (nSPS) is 14.3. The van der Waals surface area contributed by atoms with Gasteiger partial charge in [-0.05, 0) is 55.1 Å². The minimum absolute atomic E-state index is 0.193. The maximum absolute atomic E-state index is 12.3. The van der Waals surface area contributed by atoms with Gasteiger partial charge in [0.15, 0.2) is 0 Å². The van der Waals surface area contributed by atoms with Crippen LogP contribution < -0.4 is 9.62 Å². The maximum Gasteiger partial charge on any atom is 0.251 e. The van der Waals surface area contributed by atoms with Gasteiger partial charge in [-0.1, -0.05) is 4.49 Å². The highest BCUT2D eigenvalue weighted by Crippen LogP contribution is 2.29. The molecule has 0 unspecified atom stereocenters. The number of amides is 1. The number of hydrogen-bond donors (Lipinski definition) is 1. The molecule has 2 heterocycles. The second kappa shape index (κ2) is 6.48. The molecule has 1 amide bonds. The number of anilines is 1. The minimum Gasteiger partial charge on any atom is -0.347 e. The predicted octanol–water partition coefficient (Wildman–Crippen LogP) is 1.49. The number of hydrogen-bond acceptors (Lipinski definition) is 6. The number of nitrogens with one attached hydrogen (secondary N) is 1. The highest BCUT2D eigenvalue weighted by molar-refractivity contribution is 7.92. The second-order valence-corrected chi connectivity index (χ2v) is 8.49. The van der Waals surface area contributed by atoms with Gasteiger partial charge in [-0.15, -0.1) is 5.10 Å². The van der Waals surface area contributed by atoms with E-state index in [2.05, 4.69) is 14.9 Å². The molecule has 0 saturated carbocycles. The van der Waals surface area contributed by atoms with Crippen molar-refractivity contribution in [2.75, 3.05) is 17.1 Å². The van der Waals surface area contributed by atoms with E-state index >= 15 is 0 Å². The number of aromatic nitrogens is 2. The molecule has 2 aromatic rings. The molecule has 0 spiro atoms. The van der Waals surface area contributed by atoms with Gasteiger partial charge >= 0.3 is 0 Å². The Bertz CT molecular complexity index is 877. The Morgan fingerprint density at radius 3 is 2.88 bits per heavy atom. The van der Waals surface area contributed by atoms with Gasteiger partial charge in [-0.25, -0.2) is 8.42 Å². The van der Waals surface area contributed by atoms with E-state index in [1.807, 2.05) is 6.92 Å². The fourth-order valence-corrected chi connectivity index (χ4v) is 4.29. The molecule has 0 bridgehead atoms. The zero-order valence-corrected chi connectivity index (χ0v) is 15.1. The monoisotopic (exact) mass is 366 g/mol. The summed E-state index contributed by atoms with van der Waals surface area (Å²) in [4.78, 5) is 13.3. The number of rotatable bonds is 4. The third-order valence-corrected chi connectivity index (χ3v) is 5.98. The van der Waals surface area contributed by atoms with Crippen LogP contribution in [0, 0.1) is 6.92 Å². The van der Waals surface area contributed by atoms with Crippen LogP contribution in [-0.4, -0.2) is 36.7 Å². The van der Waals surface area contributed by atoms with Crippen LogP contribution in [0.25, 0.3) is 0 Å². The summed E-state index contributed by atoms with van der Waals surface area (Å²) in [5.74, 6) is -0.193. The molecular weight excluding hydrogens is 348 g/mol. The number of carbonyl (C=O) groups is 1. The van der Waals surface area contributed by atoms with Crippen LogP contribution in [0.4, 0.5) is 5.69 Å². The Morgan fingerprint density at radius 2 is 2.21 bits per heavy atom. The number of aryl methyl sites for hydroxylation is 2. The Kier molecular flexibility index (Phi) is 4.55. The summed E-state index contributed by atoms with van der Waals surface area (Å²) in [6.45, 7) is 2.72. The zero-order valence-electron chi connectivity index (χ0n) is 13.4. The van der Waals surface area contributed by atoms with Crippen molar-refractivity contribution in [3.8, 4) is 0 Å². The first-order valence-electron chi connectivity index (χ1n) is 7.53. The maximum atomic E-state index is 12.3. The van der Waals surface area contributed by atoms with Crippen LogP contribution in [0.15, 0.2) is 18.2 Å². The van der Waals surface area contributed by atoms with E-state index in [0.717, 1.165) is 29.0 Å². The number of sulfonamides is 1. The topological polar surface area (TPSA) is 92.3 Å². The van der Waals surface area contributed by atoms with Gasteiger partial charge in [0, 0.05) is 12.1 Å². The van der Waals surface area contributed by atoms with E-state index < -0.39 is 10.0 Å².